The van der Waals surface area contributed by atoms with E-state index in [1.807, 2.05) is 0 Å². The minimum Gasteiger partial charge on any atom is -0.480 e. The molecule has 1 amide bonds. The second-order valence-electron chi connectivity index (χ2n) is 9.89. The monoisotopic (exact) mass is 346 g/mol. The summed E-state index contributed by atoms with van der Waals surface area (Å²) < 4.78 is 0. The van der Waals surface area contributed by atoms with Crippen molar-refractivity contribution in [1.82, 2.24) is 4.90 Å². The quantitative estimate of drug-likeness (QED) is 0.822. The molecule has 3 atom stereocenters. The van der Waals surface area contributed by atoms with Crippen molar-refractivity contribution in [3.63, 3.8) is 0 Å². The zero-order valence-electron chi connectivity index (χ0n) is 14.9. The van der Waals surface area contributed by atoms with E-state index in [9.17, 15) is 14.7 Å². The van der Waals surface area contributed by atoms with Gasteiger partial charge in [-0.1, -0.05) is 0 Å². The number of nitrogens with two attached hydrogens (primary N) is 1. The summed E-state index contributed by atoms with van der Waals surface area (Å²) in [4.78, 5) is 27.2. The van der Waals surface area contributed by atoms with Crippen LogP contribution in [-0.2, 0) is 9.59 Å². The summed E-state index contributed by atoms with van der Waals surface area (Å²) in [5, 5.41) is 9.25. The Morgan fingerprint density at radius 3 is 1.84 bits per heavy atom. The highest BCUT2D eigenvalue weighted by Crippen LogP contribution is 2.61. The van der Waals surface area contributed by atoms with Crippen LogP contribution in [0.2, 0.25) is 0 Å². The molecule has 6 bridgehead atoms. The average Bonchev–Trinajstić information content (AvgIpc) is 2.81. The van der Waals surface area contributed by atoms with E-state index in [-0.39, 0.29) is 23.4 Å². The van der Waals surface area contributed by atoms with E-state index in [1.54, 1.807) is 0 Å². The molecule has 3 N–H and O–H groups in total. The van der Waals surface area contributed by atoms with Gasteiger partial charge in [-0.15, -0.1) is 0 Å². The van der Waals surface area contributed by atoms with Gasteiger partial charge >= 0.3 is 5.97 Å². The number of aliphatic carboxylic acids is 1. The second kappa shape index (κ2) is 5.45. The Kier molecular flexibility index (Phi) is 3.51. The number of fused-ring (bicyclic) bond motifs is 2. The smallest absolute Gasteiger partial charge is 0.320 e. The van der Waals surface area contributed by atoms with Crippen molar-refractivity contribution in [3.8, 4) is 0 Å². The number of amides is 1. The third-order valence-corrected chi connectivity index (χ3v) is 8.29. The van der Waals surface area contributed by atoms with Crippen LogP contribution in [0.15, 0.2) is 0 Å². The molecule has 4 aliphatic carbocycles. The lowest BCUT2D eigenvalue weighted by molar-refractivity contribution is -0.163. The van der Waals surface area contributed by atoms with Gasteiger partial charge in [-0.25, -0.2) is 0 Å². The maximum atomic E-state index is 13.7. The van der Waals surface area contributed by atoms with Crippen LogP contribution in [0.4, 0.5) is 0 Å². The first-order valence-electron chi connectivity index (χ1n) is 10.3. The Morgan fingerprint density at radius 1 is 0.920 bits per heavy atom. The molecule has 25 heavy (non-hydrogen) atoms. The summed E-state index contributed by atoms with van der Waals surface area (Å²) in [5.74, 6) is 1.91. The Hall–Kier alpha value is -1.10. The molecule has 138 valence electrons. The highest BCUT2D eigenvalue weighted by Gasteiger charge is 2.58. The molecule has 2 unspecified atom stereocenters. The van der Waals surface area contributed by atoms with Gasteiger partial charge in [0, 0.05) is 12.1 Å². The van der Waals surface area contributed by atoms with Crippen LogP contribution in [0.3, 0.4) is 0 Å². The number of rotatable bonds is 3. The topological polar surface area (TPSA) is 83.6 Å². The number of carbonyl (C=O) groups excluding carboxylic acids is 1. The molecule has 2 heterocycles. The van der Waals surface area contributed by atoms with E-state index in [4.69, 9.17) is 5.73 Å². The van der Waals surface area contributed by atoms with Crippen molar-refractivity contribution in [2.75, 3.05) is 0 Å². The van der Waals surface area contributed by atoms with Gasteiger partial charge in [0.15, 0.2) is 0 Å². The van der Waals surface area contributed by atoms with E-state index in [1.165, 1.54) is 19.3 Å². The summed E-state index contributed by atoms with van der Waals surface area (Å²) in [5.41, 5.74) is 5.84. The third kappa shape index (κ3) is 2.37. The first-order chi connectivity index (χ1) is 11.9. The standard InChI is InChI=1S/C20H30N2O3/c21-17(18(23)24)14-6-15-1-2-16(7-14)22(15)19(25)20-8-11-3-12(9-20)5-13(4-11)10-20/h11-17H,1-10,21H2,(H,23,24)/t11?,12?,13?,14?,15?,16?,17-,20?/m0/s1. The maximum absolute atomic E-state index is 13.7. The number of hydrogen-bond acceptors (Lipinski definition) is 3. The van der Waals surface area contributed by atoms with E-state index in [2.05, 4.69) is 4.90 Å². The Balaban J connectivity index is 1.36. The molecule has 5 heteroatoms. The van der Waals surface area contributed by atoms with Crippen LogP contribution >= 0.6 is 0 Å². The molecule has 0 aromatic heterocycles. The van der Waals surface area contributed by atoms with Crippen LogP contribution < -0.4 is 5.73 Å². The lowest BCUT2D eigenvalue weighted by Gasteiger charge is -2.57. The number of carboxylic acids is 1. The normalized spacial score (nSPS) is 48.6. The maximum Gasteiger partial charge on any atom is 0.320 e. The highest BCUT2D eigenvalue weighted by molar-refractivity contribution is 5.84. The van der Waals surface area contributed by atoms with Gasteiger partial charge in [0.05, 0.1) is 5.41 Å². The van der Waals surface area contributed by atoms with Crippen LogP contribution in [0, 0.1) is 29.1 Å². The molecule has 4 saturated carbocycles. The minimum atomic E-state index is -0.898. The predicted octanol–water partition coefficient (Wildman–Crippen LogP) is 2.38. The molecule has 0 spiro atoms. The Morgan fingerprint density at radius 2 is 1.40 bits per heavy atom. The number of piperidine rings is 1. The van der Waals surface area contributed by atoms with Crippen molar-refractivity contribution in [3.05, 3.63) is 0 Å². The van der Waals surface area contributed by atoms with Gasteiger partial charge in [-0.3, -0.25) is 9.59 Å². The first kappa shape index (κ1) is 16.1. The van der Waals surface area contributed by atoms with Gasteiger partial charge in [-0.05, 0) is 87.9 Å². The zero-order valence-corrected chi connectivity index (χ0v) is 14.9. The molecule has 5 nitrogen and oxygen atoms in total. The Bertz CT molecular complexity index is 554. The second-order valence-corrected chi connectivity index (χ2v) is 9.89. The van der Waals surface area contributed by atoms with E-state index in [0.29, 0.717) is 5.91 Å². The summed E-state index contributed by atoms with van der Waals surface area (Å²) >= 11 is 0. The zero-order chi connectivity index (χ0) is 17.3. The molecule has 2 aliphatic heterocycles. The van der Waals surface area contributed by atoms with Crippen molar-refractivity contribution in [2.45, 2.75) is 82.3 Å². The first-order valence-corrected chi connectivity index (χ1v) is 10.3. The van der Waals surface area contributed by atoms with Crippen LogP contribution in [0.5, 0.6) is 0 Å². The fourth-order valence-electron chi connectivity index (χ4n) is 7.69. The van der Waals surface area contributed by atoms with E-state index in [0.717, 1.165) is 62.7 Å². The summed E-state index contributed by atoms with van der Waals surface area (Å²) in [6.07, 6.45) is 11.0. The lowest BCUT2D eigenvalue weighted by atomic mass is 9.49. The SMILES string of the molecule is N[C@H](C(=O)O)C1CC2CCC(C1)N2C(=O)C12CC3CC(CC(C3)C1)C2. The highest BCUT2D eigenvalue weighted by atomic mass is 16.4. The van der Waals surface area contributed by atoms with Gasteiger partial charge in [0.1, 0.15) is 6.04 Å². The van der Waals surface area contributed by atoms with Crippen molar-refractivity contribution in [1.29, 1.82) is 0 Å². The van der Waals surface area contributed by atoms with Crippen molar-refractivity contribution < 1.29 is 14.7 Å². The number of carbonyl (C=O) groups is 2. The summed E-state index contributed by atoms with van der Waals surface area (Å²) in [6, 6.07) is -0.316. The van der Waals surface area contributed by atoms with Crippen molar-refractivity contribution >= 4 is 11.9 Å². The van der Waals surface area contributed by atoms with E-state index >= 15 is 0 Å². The van der Waals surface area contributed by atoms with Gasteiger partial charge in [0.2, 0.25) is 5.91 Å². The molecule has 2 saturated heterocycles. The molecular weight excluding hydrogens is 316 g/mol. The largest absolute Gasteiger partial charge is 0.480 e. The van der Waals surface area contributed by atoms with Gasteiger partial charge < -0.3 is 15.7 Å². The molecule has 6 fully saturated rings. The minimum absolute atomic E-state index is 0.0235. The van der Waals surface area contributed by atoms with Crippen LogP contribution in [-0.4, -0.2) is 40.0 Å². The predicted molar refractivity (Wildman–Crippen MR) is 92.6 cm³/mol. The molecule has 0 aromatic carbocycles. The number of hydrogen-bond donors (Lipinski definition) is 2. The van der Waals surface area contributed by atoms with Crippen LogP contribution in [0.25, 0.3) is 0 Å². The van der Waals surface area contributed by atoms with E-state index < -0.39 is 12.0 Å². The summed E-state index contributed by atoms with van der Waals surface area (Å²) in [6.45, 7) is 0. The summed E-state index contributed by atoms with van der Waals surface area (Å²) in [7, 11) is 0. The molecular formula is C20H30N2O3. The fraction of sp³-hybridized carbons (Fsp3) is 0.900. The fourth-order valence-corrected chi connectivity index (χ4v) is 7.69. The molecule has 6 rings (SSSR count). The molecule has 0 radical (unpaired) electrons. The van der Waals surface area contributed by atoms with Gasteiger partial charge in [-0.2, -0.15) is 0 Å². The Labute approximate surface area is 149 Å². The lowest BCUT2D eigenvalue weighted by Crippen LogP contribution is -2.59. The average molecular weight is 346 g/mol. The molecule has 6 aliphatic rings. The van der Waals surface area contributed by atoms with Crippen molar-refractivity contribution in [2.24, 2.45) is 34.8 Å². The third-order valence-electron chi connectivity index (χ3n) is 8.29. The van der Waals surface area contributed by atoms with Crippen LogP contribution in [0.1, 0.15) is 64.2 Å². The van der Waals surface area contributed by atoms with Gasteiger partial charge in [0.25, 0.3) is 0 Å². The number of nitrogens with zero attached hydrogens (tertiary/aromatic N) is 1. The molecule has 0 aromatic rings. The number of carboxylic acid groups (broad SMARTS) is 1.